The number of nitrogens with one attached hydrogen (secondary N) is 1. The van der Waals surface area contributed by atoms with E-state index in [0.717, 1.165) is 0 Å². The van der Waals surface area contributed by atoms with Crippen molar-refractivity contribution < 1.29 is 19.1 Å². The molecule has 0 unspecified atom stereocenters. The zero-order valence-corrected chi connectivity index (χ0v) is 11.3. The monoisotopic (exact) mass is 268 g/mol. The average Bonchev–Trinajstić information content (AvgIpc) is 2.84. The van der Waals surface area contributed by atoms with Crippen LogP contribution in [0.15, 0.2) is 24.8 Å². The Hall–Kier alpha value is -1.98. The molecule has 2 amide bonds. The Morgan fingerprint density at radius 1 is 1.42 bits per heavy atom. The van der Waals surface area contributed by atoms with E-state index < -0.39 is 12.2 Å². The van der Waals surface area contributed by atoms with Crippen LogP contribution in [-0.4, -0.2) is 36.5 Å². The first-order valence-electron chi connectivity index (χ1n) is 6.32. The summed E-state index contributed by atoms with van der Waals surface area (Å²) in [4.78, 5) is 23.4. The highest BCUT2D eigenvalue weighted by Crippen LogP contribution is 2.24. The number of rotatable bonds is 4. The molecule has 0 bridgehead atoms. The molecule has 0 heterocycles. The van der Waals surface area contributed by atoms with E-state index in [4.69, 9.17) is 9.47 Å². The largest absolute Gasteiger partial charge is 0.449 e. The Labute approximate surface area is 113 Å². The predicted molar refractivity (Wildman–Crippen MR) is 70.3 cm³/mol. The van der Waals surface area contributed by atoms with Gasteiger partial charge in [-0.3, -0.25) is 0 Å². The molecule has 1 N–H and O–H groups in total. The third-order valence-corrected chi connectivity index (χ3v) is 2.74. The van der Waals surface area contributed by atoms with Crippen molar-refractivity contribution in [2.24, 2.45) is 5.92 Å². The summed E-state index contributed by atoms with van der Waals surface area (Å²) in [6, 6.07) is -0.235. The van der Waals surface area contributed by atoms with Gasteiger partial charge >= 0.3 is 12.2 Å². The molecule has 106 valence electrons. The number of hydrogen-bond donors (Lipinski definition) is 1. The van der Waals surface area contributed by atoms with E-state index in [9.17, 15) is 9.59 Å². The highest BCUT2D eigenvalue weighted by molar-refractivity contribution is 5.74. The lowest BCUT2D eigenvalue weighted by atomic mass is 10.0. The van der Waals surface area contributed by atoms with Crippen molar-refractivity contribution in [1.82, 2.24) is 10.4 Å². The number of hydrazine groups is 1. The molecule has 0 aromatic rings. The number of hydrogen-bond acceptors (Lipinski definition) is 4. The maximum absolute atomic E-state index is 11.9. The van der Waals surface area contributed by atoms with Gasteiger partial charge in [0.15, 0.2) is 0 Å². The van der Waals surface area contributed by atoms with E-state index in [1.54, 1.807) is 19.9 Å². The van der Waals surface area contributed by atoms with Gasteiger partial charge < -0.3 is 9.47 Å². The summed E-state index contributed by atoms with van der Waals surface area (Å²) < 4.78 is 9.73. The number of ether oxygens (including phenoxy) is 2. The Kier molecular flexibility index (Phi) is 5.92. The summed E-state index contributed by atoms with van der Waals surface area (Å²) in [7, 11) is 0. The van der Waals surface area contributed by atoms with E-state index in [0.29, 0.717) is 6.42 Å². The smallest absolute Gasteiger partial charge is 0.429 e. The standard InChI is InChI=1S/C13H20N2O4/c1-4-10-8-7-9-11(10)15(13(17)19-6-3)14-12(16)18-5-2/h4,7-8,10-11H,1,5-6,9H2,2-3H3,(H,14,16)/t10-,11-/m0/s1. The van der Waals surface area contributed by atoms with Gasteiger partial charge in [-0.1, -0.05) is 18.2 Å². The predicted octanol–water partition coefficient (Wildman–Crippen LogP) is 2.24. The molecule has 0 saturated carbocycles. The lowest BCUT2D eigenvalue weighted by Crippen LogP contribution is -2.53. The van der Waals surface area contributed by atoms with E-state index in [1.165, 1.54) is 5.01 Å². The molecule has 6 heteroatoms. The van der Waals surface area contributed by atoms with Crippen molar-refractivity contribution >= 4 is 12.2 Å². The molecule has 0 aromatic heterocycles. The summed E-state index contributed by atoms with van der Waals surface area (Å²) in [5, 5.41) is 1.17. The van der Waals surface area contributed by atoms with Crippen LogP contribution < -0.4 is 5.43 Å². The van der Waals surface area contributed by atoms with Gasteiger partial charge in [-0.05, 0) is 20.3 Å². The number of carbonyl (C=O) groups excluding carboxylic acids is 2. The highest BCUT2D eigenvalue weighted by Gasteiger charge is 2.32. The second kappa shape index (κ2) is 7.45. The van der Waals surface area contributed by atoms with Crippen LogP contribution >= 0.6 is 0 Å². The molecule has 0 aromatic carbocycles. The summed E-state index contributed by atoms with van der Waals surface area (Å²) >= 11 is 0. The Bertz CT molecular complexity index is 368. The minimum atomic E-state index is -0.676. The summed E-state index contributed by atoms with van der Waals surface area (Å²) in [6.07, 6.45) is 4.96. The van der Waals surface area contributed by atoms with Crippen molar-refractivity contribution in [3.05, 3.63) is 24.8 Å². The van der Waals surface area contributed by atoms with Crippen LogP contribution in [-0.2, 0) is 9.47 Å². The summed E-state index contributed by atoms with van der Waals surface area (Å²) in [6.45, 7) is 7.59. The SMILES string of the molecule is C=C[C@H]1C=CC[C@@H]1N(NC(=O)OCC)C(=O)OCC. The lowest BCUT2D eigenvalue weighted by Gasteiger charge is -2.30. The van der Waals surface area contributed by atoms with E-state index in [-0.39, 0.29) is 25.2 Å². The van der Waals surface area contributed by atoms with Gasteiger partial charge in [0, 0.05) is 5.92 Å². The van der Waals surface area contributed by atoms with Crippen molar-refractivity contribution in [1.29, 1.82) is 0 Å². The molecule has 1 aliphatic rings. The second-order valence-corrected chi connectivity index (χ2v) is 3.95. The zero-order valence-electron chi connectivity index (χ0n) is 11.3. The van der Waals surface area contributed by atoms with Crippen molar-refractivity contribution in [2.75, 3.05) is 13.2 Å². The fraction of sp³-hybridized carbons (Fsp3) is 0.538. The molecular weight excluding hydrogens is 248 g/mol. The minimum absolute atomic E-state index is 0.0219. The van der Waals surface area contributed by atoms with Gasteiger partial charge in [0.05, 0.1) is 19.3 Å². The molecule has 0 spiro atoms. The molecule has 0 radical (unpaired) electrons. The molecule has 1 aliphatic carbocycles. The van der Waals surface area contributed by atoms with Crippen LogP contribution in [0, 0.1) is 5.92 Å². The highest BCUT2D eigenvalue weighted by atomic mass is 16.6. The van der Waals surface area contributed by atoms with Gasteiger partial charge in [0.1, 0.15) is 0 Å². The topological polar surface area (TPSA) is 67.9 Å². The molecular formula is C13H20N2O4. The fourth-order valence-corrected chi connectivity index (χ4v) is 1.89. The normalized spacial score (nSPS) is 20.7. The average molecular weight is 268 g/mol. The van der Waals surface area contributed by atoms with Gasteiger partial charge in [0.25, 0.3) is 0 Å². The molecule has 0 saturated heterocycles. The molecule has 0 aliphatic heterocycles. The molecule has 19 heavy (non-hydrogen) atoms. The van der Waals surface area contributed by atoms with Crippen molar-refractivity contribution in [3.63, 3.8) is 0 Å². The molecule has 1 rings (SSSR count). The Balaban J connectivity index is 2.77. The lowest BCUT2D eigenvalue weighted by molar-refractivity contribution is 0.0521. The van der Waals surface area contributed by atoms with Crippen molar-refractivity contribution in [3.8, 4) is 0 Å². The number of nitrogens with zero attached hydrogens (tertiary/aromatic N) is 1. The first-order chi connectivity index (χ1) is 9.13. The Morgan fingerprint density at radius 2 is 2.11 bits per heavy atom. The summed E-state index contributed by atoms with van der Waals surface area (Å²) in [5.41, 5.74) is 2.42. The van der Waals surface area contributed by atoms with Crippen LogP contribution in [0.25, 0.3) is 0 Å². The van der Waals surface area contributed by atoms with Crippen LogP contribution in [0.2, 0.25) is 0 Å². The second-order valence-electron chi connectivity index (χ2n) is 3.95. The third-order valence-electron chi connectivity index (χ3n) is 2.74. The third kappa shape index (κ3) is 4.01. The van der Waals surface area contributed by atoms with Crippen LogP contribution in [0.5, 0.6) is 0 Å². The maximum atomic E-state index is 11.9. The molecule has 6 nitrogen and oxygen atoms in total. The fourth-order valence-electron chi connectivity index (χ4n) is 1.89. The Morgan fingerprint density at radius 3 is 2.68 bits per heavy atom. The number of carbonyl (C=O) groups is 2. The van der Waals surface area contributed by atoms with Gasteiger partial charge in [-0.25, -0.2) is 20.0 Å². The first-order valence-corrected chi connectivity index (χ1v) is 6.32. The minimum Gasteiger partial charge on any atom is -0.449 e. The molecule has 0 fully saturated rings. The van der Waals surface area contributed by atoms with Crippen LogP contribution in [0.3, 0.4) is 0 Å². The maximum Gasteiger partial charge on any atom is 0.429 e. The van der Waals surface area contributed by atoms with Gasteiger partial charge in [-0.15, -0.1) is 6.58 Å². The van der Waals surface area contributed by atoms with Gasteiger partial charge in [0.2, 0.25) is 0 Å². The van der Waals surface area contributed by atoms with Crippen LogP contribution in [0.1, 0.15) is 20.3 Å². The number of amides is 2. The summed E-state index contributed by atoms with van der Waals surface area (Å²) in [5.74, 6) is -0.0219. The van der Waals surface area contributed by atoms with E-state index in [2.05, 4.69) is 12.0 Å². The van der Waals surface area contributed by atoms with E-state index in [1.807, 2.05) is 12.2 Å². The van der Waals surface area contributed by atoms with E-state index >= 15 is 0 Å². The quantitative estimate of drug-likeness (QED) is 0.627. The first kappa shape index (κ1) is 15.1. The van der Waals surface area contributed by atoms with Crippen molar-refractivity contribution in [2.45, 2.75) is 26.3 Å². The molecule has 2 atom stereocenters. The van der Waals surface area contributed by atoms with Gasteiger partial charge in [-0.2, -0.15) is 0 Å². The van der Waals surface area contributed by atoms with Crippen LogP contribution in [0.4, 0.5) is 9.59 Å². The zero-order chi connectivity index (χ0) is 14.3.